The minimum Gasteiger partial charge on any atom is -0.340 e. The Hall–Kier alpha value is -0.710. The van der Waals surface area contributed by atoms with E-state index in [0.29, 0.717) is 21.9 Å². The molecular weight excluding hydrogens is 285 g/mol. The molecule has 0 saturated carbocycles. The van der Waals surface area contributed by atoms with Crippen LogP contribution in [0.3, 0.4) is 0 Å². The van der Waals surface area contributed by atoms with Gasteiger partial charge in [-0.15, -0.1) is 0 Å². The number of halogens is 2. The predicted molar refractivity (Wildman–Crippen MR) is 78.0 cm³/mol. The van der Waals surface area contributed by atoms with Crippen molar-refractivity contribution >= 4 is 29.1 Å². The van der Waals surface area contributed by atoms with Gasteiger partial charge >= 0.3 is 0 Å². The van der Waals surface area contributed by atoms with E-state index in [-0.39, 0.29) is 5.91 Å². The molecule has 0 aromatic carbocycles. The quantitative estimate of drug-likeness (QED) is 0.898. The molecule has 1 aromatic heterocycles. The Balaban J connectivity index is 2.10. The van der Waals surface area contributed by atoms with Crippen molar-refractivity contribution in [1.29, 1.82) is 0 Å². The lowest BCUT2D eigenvalue weighted by molar-refractivity contribution is 0.0597. The van der Waals surface area contributed by atoms with Crippen LogP contribution in [-0.2, 0) is 0 Å². The third kappa shape index (κ3) is 3.44. The standard InChI is InChI=1S/C13H19Cl2N3O/c1-16-6-5-9-4-2-3-7-18(9)13(19)11-8-10(14)12(15)17-11/h8-9,16-17H,2-7H2,1H3. The van der Waals surface area contributed by atoms with Crippen LogP contribution in [0.15, 0.2) is 6.07 Å². The first-order valence-corrected chi connectivity index (χ1v) is 7.38. The van der Waals surface area contributed by atoms with Gasteiger partial charge in [0.2, 0.25) is 0 Å². The molecular formula is C13H19Cl2N3O. The first kappa shape index (κ1) is 14.7. The number of likely N-dealkylation sites (tertiary alicyclic amines) is 1. The molecule has 1 unspecified atom stereocenters. The summed E-state index contributed by atoms with van der Waals surface area (Å²) in [5.41, 5.74) is 0.478. The highest BCUT2D eigenvalue weighted by atomic mass is 35.5. The second-order valence-corrected chi connectivity index (χ2v) is 5.67. The number of rotatable bonds is 4. The van der Waals surface area contributed by atoms with Crippen LogP contribution in [0.25, 0.3) is 0 Å². The van der Waals surface area contributed by atoms with Crippen molar-refractivity contribution in [2.45, 2.75) is 31.7 Å². The van der Waals surface area contributed by atoms with Gasteiger partial charge < -0.3 is 15.2 Å². The second kappa shape index (κ2) is 6.64. The summed E-state index contributed by atoms with van der Waals surface area (Å²) >= 11 is 11.8. The van der Waals surface area contributed by atoms with Crippen LogP contribution in [0.4, 0.5) is 0 Å². The number of hydrogen-bond acceptors (Lipinski definition) is 2. The zero-order chi connectivity index (χ0) is 13.8. The van der Waals surface area contributed by atoms with Crippen molar-refractivity contribution in [2.24, 2.45) is 0 Å². The lowest BCUT2D eigenvalue weighted by Gasteiger charge is -2.35. The Bertz CT molecular complexity index is 428. The zero-order valence-electron chi connectivity index (χ0n) is 11.0. The van der Waals surface area contributed by atoms with Crippen molar-refractivity contribution in [1.82, 2.24) is 15.2 Å². The highest BCUT2D eigenvalue weighted by molar-refractivity contribution is 6.41. The van der Waals surface area contributed by atoms with Gasteiger partial charge in [-0.2, -0.15) is 0 Å². The number of aromatic amines is 1. The molecule has 0 bridgehead atoms. The minimum atomic E-state index is -0.00500. The van der Waals surface area contributed by atoms with E-state index in [2.05, 4.69) is 10.3 Å². The summed E-state index contributed by atoms with van der Waals surface area (Å²) in [4.78, 5) is 17.3. The summed E-state index contributed by atoms with van der Waals surface area (Å²) in [5.74, 6) is -0.00500. The Kier molecular flexibility index (Phi) is 5.13. The van der Waals surface area contributed by atoms with Gasteiger partial charge in [0.05, 0.1) is 5.02 Å². The van der Waals surface area contributed by atoms with E-state index in [1.807, 2.05) is 11.9 Å². The van der Waals surface area contributed by atoms with E-state index in [0.717, 1.165) is 32.4 Å². The molecule has 0 spiro atoms. The summed E-state index contributed by atoms with van der Waals surface area (Å²) < 4.78 is 0. The molecule has 6 heteroatoms. The van der Waals surface area contributed by atoms with E-state index in [9.17, 15) is 4.79 Å². The second-order valence-electron chi connectivity index (χ2n) is 4.89. The average Bonchev–Trinajstić information content (AvgIpc) is 2.76. The van der Waals surface area contributed by atoms with E-state index >= 15 is 0 Å². The fourth-order valence-electron chi connectivity index (χ4n) is 2.55. The lowest BCUT2D eigenvalue weighted by Crippen LogP contribution is -2.44. The molecule has 1 amide bonds. The Morgan fingerprint density at radius 2 is 2.32 bits per heavy atom. The highest BCUT2D eigenvalue weighted by Gasteiger charge is 2.28. The van der Waals surface area contributed by atoms with Gasteiger partial charge in [-0.1, -0.05) is 23.2 Å². The molecule has 0 aliphatic carbocycles. The normalized spacial score (nSPS) is 19.7. The average molecular weight is 304 g/mol. The molecule has 2 rings (SSSR count). The molecule has 1 aliphatic rings. The molecule has 1 atom stereocenters. The monoisotopic (exact) mass is 303 g/mol. The van der Waals surface area contributed by atoms with Crippen LogP contribution in [0, 0.1) is 0 Å². The molecule has 1 fully saturated rings. The molecule has 1 aromatic rings. The van der Waals surface area contributed by atoms with Crippen molar-refractivity contribution in [3.8, 4) is 0 Å². The summed E-state index contributed by atoms with van der Waals surface area (Å²) in [5, 5.41) is 3.86. The van der Waals surface area contributed by atoms with Crippen LogP contribution in [0.5, 0.6) is 0 Å². The predicted octanol–water partition coefficient (Wildman–Crippen LogP) is 2.93. The highest BCUT2D eigenvalue weighted by Crippen LogP contribution is 2.26. The number of nitrogens with one attached hydrogen (secondary N) is 2. The largest absolute Gasteiger partial charge is 0.340 e. The van der Waals surface area contributed by atoms with Crippen LogP contribution in [0.1, 0.15) is 36.2 Å². The van der Waals surface area contributed by atoms with Gasteiger partial charge in [-0.25, -0.2) is 0 Å². The fourth-order valence-corrected chi connectivity index (χ4v) is 2.87. The number of piperidine rings is 1. The molecule has 2 N–H and O–H groups in total. The van der Waals surface area contributed by atoms with Gasteiger partial charge in [-0.05, 0) is 45.3 Å². The molecule has 1 saturated heterocycles. The molecule has 4 nitrogen and oxygen atoms in total. The van der Waals surface area contributed by atoms with Crippen molar-refractivity contribution < 1.29 is 4.79 Å². The minimum absolute atomic E-state index is 0.00500. The summed E-state index contributed by atoms with van der Waals surface area (Å²) in [7, 11) is 1.93. The fraction of sp³-hybridized carbons (Fsp3) is 0.615. The summed E-state index contributed by atoms with van der Waals surface area (Å²) in [6.07, 6.45) is 4.29. The van der Waals surface area contributed by atoms with E-state index < -0.39 is 0 Å². The molecule has 2 heterocycles. The zero-order valence-corrected chi connectivity index (χ0v) is 12.5. The molecule has 106 valence electrons. The maximum atomic E-state index is 12.5. The van der Waals surface area contributed by atoms with Gasteiger partial charge in [0.25, 0.3) is 5.91 Å². The van der Waals surface area contributed by atoms with Crippen molar-refractivity contribution in [3.63, 3.8) is 0 Å². The van der Waals surface area contributed by atoms with Crippen LogP contribution in [0.2, 0.25) is 10.2 Å². The Labute approximate surface area is 123 Å². The maximum absolute atomic E-state index is 12.5. The van der Waals surface area contributed by atoms with Crippen LogP contribution in [-0.4, -0.2) is 42.0 Å². The van der Waals surface area contributed by atoms with E-state index in [4.69, 9.17) is 23.2 Å². The van der Waals surface area contributed by atoms with E-state index in [1.54, 1.807) is 6.07 Å². The number of carbonyl (C=O) groups excluding carboxylic acids is 1. The molecule has 19 heavy (non-hydrogen) atoms. The first-order chi connectivity index (χ1) is 9.13. The third-order valence-corrected chi connectivity index (χ3v) is 4.26. The topological polar surface area (TPSA) is 48.1 Å². The smallest absolute Gasteiger partial charge is 0.270 e. The SMILES string of the molecule is CNCCC1CCCCN1C(=O)c1cc(Cl)c(Cl)[nH]1. The summed E-state index contributed by atoms with van der Waals surface area (Å²) in [6.45, 7) is 1.72. The lowest BCUT2D eigenvalue weighted by atomic mass is 9.99. The third-order valence-electron chi connectivity index (χ3n) is 3.57. The van der Waals surface area contributed by atoms with Gasteiger partial charge in [0.1, 0.15) is 10.8 Å². The van der Waals surface area contributed by atoms with Crippen molar-refractivity contribution in [2.75, 3.05) is 20.1 Å². The Morgan fingerprint density at radius 3 is 2.95 bits per heavy atom. The number of aromatic nitrogens is 1. The molecule has 1 aliphatic heterocycles. The van der Waals surface area contributed by atoms with Gasteiger partial charge in [-0.3, -0.25) is 4.79 Å². The van der Waals surface area contributed by atoms with Crippen LogP contribution < -0.4 is 5.32 Å². The Morgan fingerprint density at radius 1 is 1.53 bits per heavy atom. The first-order valence-electron chi connectivity index (χ1n) is 6.63. The van der Waals surface area contributed by atoms with Gasteiger partial charge in [0, 0.05) is 12.6 Å². The molecule has 0 radical (unpaired) electrons. The number of amides is 1. The maximum Gasteiger partial charge on any atom is 0.270 e. The number of hydrogen-bond donors (Lipinski definition) is 2. The number of nitrogens with zero attached hydrogens (tertiary/aromatic N) is 1. The van der Waals surface area contributed by atoms with E-state index in [1.165, 1.54) is 6.42 Å². The van der Waals surface area contributed by atoms with Crippen LogP contribution >= 0.6 is 23.2 Å². The number of H-pyrrole nitrogens is 1. The van der Waals surface area contributed by atoms with Gasteiger partial charge in [0.15, 0.2) is 0 Å². The summed E-state index contributed by atoms with van der Waals surface area (Å²) in [6, 6.07) is 1.91. The number of carbonyl (C=O) groups is 1. The van der Waals surface area contributed by atoms with Crippen molar-refractivity contribution in [3.05, 3.63) is 21.9 Å².